The quantitative estimate of drug-likeness (QED) is 0.829. The van der Waals surface area contributed by atoms with Gasteiger partial charge >= 0.3 is 0 Å². The van der Waals surface area contributed by atoms with Crippen LogP contribution in [-0.2, 0) is 10.4 Å². The minimum atomic E-state index is -1.03. The van der Waals surface area contributed by atoms with Crippen LogP contribution in [0, 0.1) is 11.8 Å². The lowest BCUT2D eigenvalue weighted by molar-refractivity contribution is -0.123. The van der Waals surface area contributed by atoms with Crippen LogP contribution in [0.1, 0.15) is 39.7 Å². The Labute approximate surface area is 116 Å². The Hall–Kier alpha value is -1.35. The highest BCUT2D eigenvalue weighted by Crippen LogP contribution is 2.19. The van der Waals surface area contributed by atoms with Gasteiger partial charge in [-0.05, 0) is 24.3 Å². The van der Waals surface area contributed by atoms with Gasteiger partial charge in [0.2, 0.25) is 5.91 Å². The minimum Gasteiger partial charge on any atom is -0.384 e. The monoisotopic (exact) mass is 263 g/mol. The summed E-state index contributed by atoms with van der Waals surface area (Å²) in [6.07, 6.45) is 0.503. The number of carbonyl (C=O) groups is 1. The van der Waals surface area contributed by atoms with E-state index in [4.69, 9.17) is 0 Å². The minimum absolute atomic E-state index is 0.00240. The van der Waals surface area contributed by atoms with Crippen LogP contribution in [0.25, 0.3) is 0 Å². The SMILES string of the molecule is CC(C)C(C)CC(=O)NCC(C)(O)c1ccccc1. The third-order valence-corrected chi connectivity index (χ3v) is 3.67. The fourth-order valence-corrected chi connectivity index (χ4v) is 1.77. The van der Waals surface area contributed by atoms with Crippen molar-refractivity contribution in [3.8, 4) is 0 Å². The van der Waals surface area contributed by atoms with E-state index in [1.807, 2.05) is 30.3 Å². The van der Waals surface area contributed by atoms with E-state index in [-0.39, 0.29) is 12.5 Å². The highest BCUT2D eigenvalue weighted by atomic mass is 16.3. The number of carbonyl (C=O) groups excluding carboxylic acids is 1. The summed E-state index contributed by atoms with van der Waals surface area (Å²) in [6, 6.07) is 9.40. The van der Waals surface area contributed by atoms with Crippen molar-refractivity contribution in [2.45, 2.75) is 39.7 Å². The molecule has 0 aliphatic carbocycles. The van der Waals surface area contributed by atoms with Gasteiger partial charge in [-0.3, -0.25) is 4.79 Å². The van der Waals surface area contributed by atoms with Crippen molar-refractivity contribution in [2.75, 3.05) is 6.54 Å². The lowest BCUT2D eigenvalue weighted by Gasteiger charge is -2.25. The molecule has 0 aliphatic rings. The zero-order valence-corrected chi connectivity index (χ0v) is 12.3. The maximum atomic E-state index is 11.8. The summed E-state index contributed by atoms with van der Waals surface area (Å²) in [4.78, 5) is 11.8. The molecule has 0 bridgehead atoms. The number of nitrogens with one attached hydrogen (secondary N) is 1. The average molecular weight is 263 g/mol. The second-order valence-electron chi connectivity index (χ2n) is 5.84. The Morgan fingerprint density at radius 3 is 2.37 bits per heavy atom. The predicted molar refractivity (Wildman–Crippen MR) is 77.6 cm³/mol. The molecule has 1 amide bonds. The molecule has 2 N–H and O–H groups in total. The van der Waals surface area contributed by atoms with Gasteiger partial charge < -0.3 is 10.4 Å². The zero-order valence-electron chi connectivity index (χ0n) is 12.3. The molecule has 0 saturated heterocycles. The smallest absolute Gasteiger partial charge is 0.220 e. The van der Waals surface area contributed by atoms with Gasteiger partial charge in [-0.25, -0.2) is 0 Å². The highest BCUT2D eigenvalue weighted by Gasteiger charge is 2.23. The van der Waals surface area contributed by atoms with Crippen molar-refractivity contribution < 1.29 is 9.90 Å². The van der Waals surface area contributed by atoms with Gasteiger partial charge in [-0.2, -0.15) is 0 Å². The number of rotatable bonds is 6. The second-order valence-corrected chi connectivity index (χ2v) is 5.84. The number of aliphatic hydroxyl groups is 1. The summed E-state index contributed by atoms with van der Waals surface area (Å²) in [7, 11) is 0. The number of hydrogen-bond acceptors (Lipinski definition) is 2. The standard InChI is InChI=1S/C16H25NO2/c1-12(2)13(3)10-15(18)17-11-16(4,19)14-8-6-5-7-9-14/h5-9,12-13,19H,10-11H2,1-4H3,(H,17,18). The zero-order chi connectivity index (χ0) is 14.5. The van der Waals surface area contributed by atoms with Crippen molar-refractivity contribution in [1.82, 2.24) is 5.32 Å². The summed E-state index contributed by atoms with van der Waals surface area (Å²) in [5, 5.41) is 13.2. The van der Waals surface area contributed by atoms with Crippen molar-refractivity contribution >= 4 is 5.91 Å². The van der Waals surface area contributed by atoms with Gasteiger partial charge in [-0.15, -0.1) is 0 Å². The largest absolute Gasteiger partial charge is 0.384 e. The van der Waals surface area contributed by atoms with Crippen LogP contribution in [-0.4, -0.2) is 17.6 Å². The van der Waals surface area contributed by atoms with Gasteiger partial charge in [0.05, 0.1) is 6.54 Å². The molecule has 19 heavy (non-hydrogen) atoms. The van der Waals surface area contributed by atoms with E-state index >= 15 is 0 Å². The van der Waals surface area contributed by atoms with Crippen LogP contribution in [0.3, 0.4) is 0 Å². The van der Waals surface area contributed by atoms with E-state index in [0.29, 0.717) is 18.3 Å². The molecule has 0 radical (unpaired) electrons. The van der Waals surface area contributed by atoms with Crippen LogP contribution < -0.4 is 5.32 Å². The third kappa shape index (κ3) is 5.03. The van der Waals surface area contributed by atoms with Gasteiger partial charge in [0.25, 0.3) is 0 Å². The van der Waals surface area contributed by atoms with Crippen molar-refractivity contribution in [2.24, 2.45) is 11.8 Å². The number of benzene rings is 1. The maximum Gasteiger partial charge on any atom is 0.220 e. The first-order chi connectivity index (χ1) is 8.83. The van der Waals surface area contributed by atoms with Gasteiger partial charge in [-0.1, -0.05) is 51.1 Å². The van der Waals surface area contributed by atoms with Crippen LogP contribution >= 0.6 is 0 Å². The fraction of sp³-hybridized carbons (Fsp3) is 0.562. The Balaban J connectivity index is 2.50. The predicted octanol–water partition coefficient (Wildman–Crippen LogP) is 2.69. The van der Waals surface area contributed by atoms with Crippen LogP contribution in [0.5, 0.6) is 0 Å². The summed E-state index contributed by atoms with van der Waals surface area (Å²) in [5.41, 5.74) is -0.218. The molecule has 1 aromatic carbocycles. The summed E-state index contributed by atoms with van der Waals surface area (Å²) in [6.45, 7) is 8.24. The molecule has 0 saturated carbocycles. The molecule has 0 fully saturated rings. The molecule has 1 aromatic rings. The molecule has 0 heterocycles. The van der Waals surface area contributed by atoms with E-state index in [2.05, 4.69) is 26.1 Å². The van der Waals surface area contributed by atoms with E-state index in [1.165, 1.54) is 0 Å². The Bertz CT molecular complexity index is 398. The van der Waals surface area contributed by atoms with E-state index < -0.39 is 5.60 Å². The first-order valence-electron chi connectivity index (χ1n) is 6.87. The summed E-state index contributed by atoms with van der Waals surface area (Å²) in [5.74, 6) is 0.833. The number of hydrogen-bond donors (Lipinski definition) is 2. The molecular formula is C16H25NO2. The third-order valence-electron chi connectivity index (χ3n) is 3.67. The average Bonchev–Trinajstić information content (AvgIpc) is 2.37. The summed E-state index contributed by atoms with van der Waals surface area (Å²) >= 11 is 0. The molecule has 0 aliphatic heterocycles. The van der Waals surface area contributed by atoms with Crippen molar-refractivity contribution in [1.29, 1.82) is 0 Å². The molecular weight excluding hydrogens is 238 g/mol. The Kier molecular flexibility index (Phi) is 5.55. The molecule has 3 nitrogen and oxygen atoms in total. The maximum absolute atomic E-state index is 11.8. The highest BCUT2D eigenvalue weighted by molar-refractivity contribution is 5.76. The molecule has 0 spiro atoms. The van der Waals surface area contributed by atoms with Crippen molar-refractivity contribution in [3.05, 3.63) is 35.9 Å². The normalized spacial score (nSPS) is 15.9. The van der Waals surface area contributed by atoms with Crippen LogP contribution in [0.2, 0.25) is 0 Å². The number of amides is 1. The molecule has 2 atom stereocenters. The van der Waals surface area contributed by atoms with Gasteiger partial charge in [0, 0.05) is 6.42 Å². The Morgan fingerprint density at radius 1 is 1.26 bits per heavy atom. The van der Waals surface area contributed by atoms with Crippen LogP contribution in [0.4, 0.5) is 0 Å². The summed E-state index contributed by atoms with van der Waals surface area (Å²) < 4.78 is 0. The van der Waals surface area contributed by atoms with E-state index in [1.54, 1.807) is 6.92 Å². The lowest BCUT2D eigenvalue weighted by Crippen LogP contribution is -2.39. The fourth-order valence-electron chi connectivity index (χ4n) is 1.77. The topological polar surface area (TPSA) is 49.3 Å². The van der Waals surface area contributed by atoms with E-state index in [0.717, 1.165) is 5.56 Å². The lowest BCUT2D eigenvalue weighted by atomic mass is 9.93. The molecule has 1 rings (SSSR count). The van der Waals surface area contributed by atoms with Gasteiger partial charge in [0.15, 0.2) is 0 Å². The van der Waals surface area contributed by atoms with E-state index in [9.17, 15) is 9.90 Å². The first kappa shape index (κ1) is 15.7. The first-order valence-corrected chi connectivity index (χ1v) is 6.87. The second kappa shape index (κ2) is 6.71. The van der Waals surface area contributed by atoms with Crippen LogP contribution in [0.15, 0.2) is 30.3 Å². The molecule has 106 valence electrons. The molecule has 3 heteroatoms. The van der Waals surface area contributed by atoms with Gasteiger partial charge in [0.1, 0.15) is 5.60 Å². The molecule has 0 aromatic heterocycles. The van der Waals surface area contributed by atoms with Crippen molar-refractivity contribution in [3.63, 3.8) is 0 Å². The Morgan fingerprint density at radius 2 is 1.84 bits per heavy atom. The molecule has 2 unspecified atom stereocenters.